The van der Waals surface area contributed by atoms with E-state index in [2.05, 4.69) is 15.6 Å². The summed E-state index contributed by atoms with van der Waals surface area (Å²) < 4.78 is 1.62. The Balaban J connectivity index is 1.34. The van der Waals surface area contributed by atoms with Gasteiger partial charge in [-0.05, 0) is 46.8 Å². The highest BCUT2D eigenvalue weighted by Crippen LogP contribution is 2.30. The van der Waals surface area contributed by atoms with Crippen LogP contribution in [0.15, 0.2) is 66.2 Å². The molecule has 2 aromatic carbocycles. The summed E-state index contributed by atoms with van der Waals surface area (Å²) in [6, 6.07) is 16.3. The number of nitrogens with one attached hydrogen (secondary N) is 1. The van der Waals surface area contributed by atoms with Crippen molar-refractivity contribution in [3.63, 3.8) is 0 Å². The lowest BCUT2D eigenvalue weighted by Crippen LogP contribution is -2.13. The number of thiophene rings is 1. The first-order chi connectivity index (χ1) is 15.5. The normalized spacial score (nSPS) is 10.8. The number of hydrogen-bond donors (Lipinski definition) is 3. The molecule has 4 aromatic rings. The van der Waals surface area contributed by atoms with Crippen molar-refractivity contribution in [2.75, 3.05) is 11.1 Å². The lowest BCUT2D eigenvalue weighted by molar-refractivity contribution is -0.116. The average Bonchev–Trinajstić information content (AvgIpc) is 3.46. The number of aromatic nitrogens is 3. The summed E-state index contributed by atoms with van der Waals surface area (Å²) in [5.41, 5.74) is 9.83. The Labute approximate surface area is 188 Å². The molecule has 9 heteroatoms. The van der Waals surface area contributed by atoms with E-state index in [0.29, 0.717) is 30.0 Å². The van der Waals surface area contributed by atoms with Crippen molar-refractivity contribution in [2.24, 2.45) is 0 Å². The summed E-state index contributed by atoms with van der Waals surface area (Å²) in [5, 5.41) is 22.2. The fourth-order valence-corrected chi connectivity index (χ4v) is 3.96. The van der Waals surface area contributed by atoms with Gasteiger partial charge in [-0.3, -0.25) is 4.79 Å². The van der Waals surface area contributed by atoms with Gasteiger partial charge >= 0.3 is 5.97 Å². The minimum absolute atomic E-state index is 0.163. The minimum Gasteiger partial charge on any atom is -0.478 e. The van der Waals surface area contributed by atoms with Crippen LogP contribution in [0.5, 0.6) is 0 Å². The predicted molar refractivity (Wildman–Crippen MR) is 124 cm³/mol. The number of carboxylic acids is 1. The topological polar surface area (TPSA) is 123 Å². The number of nitrogens with zero attached hydrogens (tertiary/aromatic N) is 3. The van der Waals surface area contributed by atoms with E-state index >= 15 is 0 Å². The molecule has 0 aliphatic rings. The molecule has 0 spiro atoms. The molecule has 0 saturated carbocycles. The van der Waals surface area contributed by atoms with Gasteiger partial charge in [0.15, 0.2) is 0 Å². The third-order valence-electron chi connectivity index (χ3n) is 4.85. The van der Waals surface area contributed by atoms with Crippen LogP contribution in [0.4, 0.5) is 11.4 Å². The SMILES string of the molecule is Nc1ccc(-c2cccs2)cc1NC(=O)CCc1cn(Cc2cccc(C(=O)O)c2)nn1. The third kappa shape index (κ3) is 5.19. The Morgan fingerprint density at radius 1 is 1.12 bits per heavy atom. The molecule has 32 heavy (non-hydrogen) atoms. The fourth-order valence-electron chi connectivity index (χ4n) is 3.24. The molecule has 0 fully saturated rings. The van der Waals surface area contributed by atoms with Crippen molar-refractivity contribution in [3.8, 4) is 10.4 Å². The number of nitrogens with two attached hydrogens (primary N) is 1. The van der Waals surface area contributed by atoms with Gasteiger partial charge in [0.2, 0.25) is 5.91 Å². The highest BCUT2D eigenvalue weighted by molar-refractivity contribution is 7.13. The Hall–Kier alpha value is -3.98. The highest BCUT2D eigenvalue weighted by Gasteiger charge is 2.10. The molecule has 1 amide bonds. The molecule has 0 aliphatic carbocycles. The first kappa shape index (κ1) is 21.3. The molecular weight excluding hydrogens is 426 g/mol. The van der Waals surface area contributed by atoms with E-state index in [9.17, 15) is 9.59 Å². The van der Waals surface area contributed by atoms with Gasteiger partial charge < -0.3 is 16.2 Å². The fraction of sp³-hybridized carbons (Fsp3) is 0.130. The molecule has 0 saturated heterocycles. The summed E-state index contributed by atoms with van der Waals surface area (Å²) in [6.45, 7) is 0.395. The summed E-state index contributed by atoms with van der Waals surface area (Å²) in [6.07, 6.45) is 2.41. The van der Waals surface area contributed by atoms with Crippen LogP contribution in [0, 0.1) is 0 Å². The van der Waals surface area contributed by atoms with Crippen LogP contribution in [0.2, 0.25) is 0 Å². The van der Waals surface area contributed by atoms with Gasteiger partial charge in [0.1, 0.15) is 0 Å². The number of anilines is 2. The number of carbonyl (C=O) groups is 2. The van der Waals surface area contributed by atoms with E-state index in [-0.39, 0.29) is 17.9 Å². The molecule has 2 heterocycles. The van der Waals surface area contributed by atoms with Crippen molar-refractivity contribution in [3.05, 3.63) is 83.0 Å². The van der Waals surface area contributed by atoms with Crippen LogP contribution in [0.3, 0.4) is 0 Å². The number of aromatic carboxylic acids is 1. The molecule has 2 aromatic heterocycles. The Kier molecular flexibility index (Phi) is 6.27. The zero-order valence-corrected chi connectivity index (χ0v) is 17.9. The van der Waals surface area contributed by atoms with Gasteiger partial charge in [0, 0.05) is 23.9 Å². The summed E-state index contributed by atoms with van der Waals surface area (Å²) >= 11 is 1.62. The number of rotatable bonds is 8. The number of hydrogen-bond acceptors (Lipinski definition) is 6. The first-order valence-electron chi connectivity index (χ1n) is 9.92. The van der Waals surface area contributed by atoms with Gasteiger partial charge in [0.05, 0.1) is 29.2 Å². The molecule has 0 unspecified atom stereocenters. The lowest BCUT2D eigenvalue weighted by atomic mass is 10.1. The number of amides is 1. The van der Waals surface area contributed by atoms with Crippen LogP contribution in [-0.4, -0.2) is 32.0 Å². The van der Waals surface area contributed by atoms with E-state index < -0.39 is 5.97 Å². The van der Waals surface area contributed by atoms with Gasteiger partial charge in [-0.1, -0.05) is 29.5 Å². The highest BCUT2D eigenvalue weighted by atomic mass is 32.1. The van der Waals surface area contributed by atoms with Crippen LogP contribution in [0.25, 0.3) is 10.4 Å². The van der Waals surface area contributed by atoms with E-state index in [0.717, 1.165) is 16.0 Å². The summed E-state index contributed by atoms with van der Waals surface area (Å²) in [4.78, 5) is 24.7. The summed E-state index contributed by atoms with van der Waals surface area (Å²) in [5.74, 6) is -1.14. The lowest BCUT2D eigenvalue weighted by Gasteiger charge is -2.09. The van der Waals surface area contributed by atoms with Gasteiger partial charge in [-0.2, -0.15) is 0 Å². The maximum Gasteiger partial charge on any atom is 0.335 e. The summed E-state index contributed by atoms with van der Waals surface area (Å²) in [7, 11) is 0. The van der Waals surface area contributed by atoms with Crippen LogP contribution < -0.4 is 11.1 Å². The van der Waals surface area contributed by atoms with Crippen LogP contribution in [0.1, 0.15) is 28.0 Å². The van der Waals surface area contributed by atoms with E-state index in [1.165, 1.54) is 0 Å². The zero-order valence-electron chi connectivity index (χ0n) is 17.1. The van der Waals surface area contributed by atoms with Gasteiger partial charge in [0.25, 0.3) is 0 Å². The third-order valence-corrected chi connectivity index (χ3v) is 5.76. The number of nitrogen functional groups attached to an aromatic ring is 1. The number of benzene rings is 2. The quantitative estimate of drug-likeness (QED) is 0.352. The largest absolute Gasteiger partial charge is 0.478 e. The van der Waals surface area contributed by atoms with Gasteiger partial charge in [-0.15, -0.1) is 16.4 Å². The van der Waals surface area contributed by atoms with Gasteiger partial charge in [-0.25, -0.2) is 9.48 Å². The number of carboxylic acid groups (broad SMARTS) is 1. The molecule has 0 bridgehead atoms. The second-order valence-electron chi connectivity index (χ2n) is 7.24. The van der Waals surface area contributed by atoms with E-state index in [1.54, 1.807) is 46.5 Å². The van der Waals surface area contributed by atoms with Crippen molar-refractivity contribution >= 4 is 34.6 Å². The van der Waals surface area contributed by atoms with Crippen molar-refractivity contribution in [1.29, 1.82) is 0 Å². The van der Waals surface area contributed by atoms with Crippen LogP contribution >= 0.6 is 11.3 Å². The Bertz CT molecular complexity index is 1250. The first-order valence-corrected chi connectivity index (χ1v) is 10.8. The number of carbonyl (C=O) groups excluding carboxylic acids is 1. The second-order valence-corrected chi connectivity index (χ2v) is 8.19. The van der Waals surface area contributed by atoms with Crippen molar-refractivity contribution in [2.45, 2.75) is 19.4 Å². The molecule has 162 valence electrons. The minimum atomic E-state index is -0.973. The monoisotopic (exact) mass is 447 g/mol. The Morgan fingerprint density at radius 2 is 2.00 bits per heavy atom. The smallest absolute Gasteiger partial charge is 0.335 e. The second kappa shape index (κ2) is 9.44. The van der Waals surface area contributed by atoms with Crippen molar-refractivity contribution < 1.29 is 14.7 Å². The van der Waals surface area contributed by atoms with E-state index in [1.807, 2.05) is 35.7 Å². The number of aryl methyl sites for hydroxylation is 1. The molecule has 4 N–H and O–H groups in total. The molecular formula is C23H21N5O3S. The molecule has 0 radical (unpaired) electrons. The molecule has 8 nitrogen and oxygen atoms in total. The predicted octanol–water partition coefficient (Wildman–Crippen LogP) is 3.91. The molecule has 4 rings (SSSR count). The maximum atomic E-state index is 12.5. The standard InChI is InChI=1S/C23H21N5O3S/c24-19-8-6-16(21-5-2-10-32-21)12-20(19)25-22(29)9-7-18-14-28(27-26-18)13-15-3-1-4-17(11-15)23(30)31/h1-6,8,10-12,14H,7,9,13,24H2,(H,25,29)(H,30,31). The maximum absolute atomic E-state index is 12.5. The molecule has 0 atom stereocenters. The zero-order chi connectivity index (χ0) is 22.5. The Morgan fingerprint density at radius 3 is 2.78 bits per heavy atom. The molecule has 0 aliphatic heterocycles. The van der Waals surface area contributed by atoms with Crippen molar-refractivity contribution in [1.82, 2.24) is 15.0 Å². The van der Waals surface area contributed by atoms with Crippen LogP contribution in [-0.2, 0) is 17.8 Å². The van der Waals surface area contributed by atoms with E-state index in [4.69, 9.17) is 10.8 Å². The average molecular weight is 448 g/mol.